The van der Waals surface area contributed by atoms with E-state index in [-0.39, 0.29) is 5.91 Å². The number of ether oxygens (including phenoxy) is 1. The van der Waals surface area contributed by atoms with E-state index in [0.717, 1.165) is 26.1 Å². The molecule has 0 spiro atoms. The summed E-state index contributed by atoms with van der Waals surface area (Å²) in [6.45, 7) is 4.45. The van der Waals surface area contributed by atoms with Crippen LogP contribution in [0.2, 0.25) is 0 Å². The van der Waals surface area contributed by atoms with Crippen molar-refractivity contribution in [3.63, 3.8) is 0 Å². The number of carbonyl (C=O) groups is 1. The van der Waals surface area contributed by atoms with E-state index in [2.05, 4.69) is 40.0 Å². The Hall–Kier alpha value is -1.47. The van der Waals surface area contributed by atoms with Crippen LogP contribution in [0.4, 0.5) is 0 Å². The van der Waals surface area contributed by atoms with Crippen LogP contribution in [0.25, 0.3) is 0 Å². The molecule has 2 heterocycles. The fourth-order valence-electron chi connectivity index (χ4n) is 3.31. The minimum atomic E-state index is 0.207. The third-order valence-corrected chi connectivity index (χ3v) is 4.63. The maximum atomic E-state index is 12.2. The number of hydrogen-bond donors (Lipinski definition) is 2. The predicted molar refractivity (Wildman–Crippen MR) is 88.8 cm³/mol. The summed E-state index contributed by atoms with van der Waals surface area (Å²) in [4.78, 5) is 16.3. The molecular weight excluding hydrogens is 292 g/mol. The second-order valence-corrected chi connectivity index (χ2v) is 6.29. The Balaban J connectivity index is 1.45. The summed E-state index contributed by atoms with van der Waals surface area (Å²) >= 11 is 0. The van der Waals surface area contributed by atoms with Crippen molar-refractivity contribution in [2.24, 2.45) is 0 Å². The molecule has 1 amide bonds. The van der Waals surface area contributed by atoms with Gasteiger partial charge in [-0.25, -0.2) is 5.43 Å². The smallest absolute Gasteiger partial charge is 0.236 e. The Kier molecular flexibility index (Phi) is 5.61. The van der Waals surface area contributed by atoms with E-state index in [1.807, 2.05) is 11.0 Å². The second-order valence-electron chi connectivity index (χ2n) is 6.29. The Labute approximate surface area is 137 Å². The van der Waals surface area contributed by atoms with Gasteiger partial charge < -0.3 is 9.64 Å². The van der Waals surface area contributed by atoms with Crippen LogP contribution in [-0.4, -0.2) is 68.2 Å². The SMILES string of the molecule is COCCN1CCN(CC2CC(c3ccccc3)NN2)CC1=O. The van der Waals surface area contributed by atoms with Crippen molar-refractivity contribution in [1.29, 1.82) is 0 Å². The highest BCUT2D eigenvalue weighted by molar-refractivity contribution is 5.79. The fourth-order valence-corrected chi connectivity index (χ4v) is 3.31. The summed E-state index contributed by atoms with van der Waals surface area (Å²) in [7, 11) is 1.67. The van der Waals surface area contributed by atoms with Gasteiger partial charge in [0.2, 0.25) is 5.91 Å². The molecule has 2 fully saturated rings. The van der Waals surface area contributed by atoms with Crippen LogP contribution in [-0.2, 0) is 9.53 Å². The van der Waals surface area contributed by atoms with E-state index in [9.17, 15) is 4.79 Å². The number of hydrogen-bond acceptors (Lipinski definition) is 5. The lowest BCUT2D eigenvalue weighted by Crippen LogP contribution is -2.53. The van der Waals surface area contributed by atoms with Crippen LogP contribution in [0.5, 0.6) is 0 Å². The van der Waals surface area contributed by atoms with Crippen molar-refractivity contribution >= 4 is 5.91 Å². The number of benzene rings is 1. The first-order chi connectivity index (χ1) is 11.3. The van der Waals surface area contributed by atoms with Gasteiger partial charge in [-0.3, -0.25) is 15.1 Å². The molecule has 2 atom stereocenters. The van der Waals surface area contributed by atoms with Crippen molar-refractivity contribution in [2.45, 2.75) is 18.5 Å². The minimum Gasteiger partial charge on any atom is -0.383 e. The Morgan fingerprint density at radius 3 is 2.78 bits per heavy atom. The van der Waals surface area contributed by atoms with E-state index >= 15 is 0 Å². The highest BCUT2D eigenvalue weighted by Gasteiger charge is 2.29. The topological polar surface area (TPSA) is 56.8 Å². The minimum absolute atomic E-state index is 0.207. The lowest BCUT2D eigenvalue weighted by molar-refractivity contribution is -0.136. The Morgan fingerprint density at radius 2 is 2.04 bits per heavy atom. The van der Waals surface area contributed by atoms with Gasteiger partial charge in [-0.05, 0) is 12.0 Å². The van der Waals surface area contributed by atoms with Crippen molar-refractivity contribution in [1.82, 2.24) is 20.7 Å². The first-order valence-corrected chi connectivity index (χ1v) is 8.31. The number of methoxy groups -OCH3 is 1. The third kappa shape index (κ3) is 4.29. The molecule has 1 aromatic carbocycles. The zero-order chi connectivity index (χ0) is 16.1. The normalized spacial score (nSPS) is 26.0. The molecule has 2 aliphatic rings. The van der Waals surface area contributed by atoms with Gasteiger partial charge in [0, 0.05) is 45.4 Å². The highest BCUT2D eigenvalue weighted by atomic mass is 16.5. The number of hydrazine groups is 1. The monoisotopic (exact) mass is 318 g/mol. The molecular formula is C17H26N4O2. The standard InChI is InChI=1S/C17H26N4O2/c1-23-10-9-21-8-7-20(13-17(21)22)12-15-11-16(19-18-15)14-5-3-2-4-6-14/h2-6,15-16,18-19H,7-13H2,1H3. The average molecular weight is 318 g/mol. The van der Waals surface area contributed by atoms with E-state index in [1.54, 1.807) is 7.11 Å². The summed E-state index contributed by atoms with van der Waals surface area (Å²) in [5.41, 5.74) is 8.06. The molecule has 6 heteroatoms. The molecule has 3 rings (SSSR count). The predicted octanol–water partition coefficient (Wildman–Crippen LogP) is 0.385. The summed E-state index contributed by atoms with van der Waals surface area (Å²) in [6.07, 6.45) is 1.04. The number of carbonyl (C=O) groups excluding carboxylic acids is 1. The molecule has 0 radical (unpaired) electrons. The van der Waals surface area contributed by atoms with Crippen molar-refractivity contribution in [2.75, 3.05) is 46.4 Å². The fraction of sp³-hybridized carbons (Fsp3) is 0.588. The molecule has 2 saturated heterocycles. The van der Waals surface area contributed by atoms with Crippen LogP contribution in [0.15, 0.2) is 30.3 Å². The molecule has 0 saturated carbocycles. The van der Waals surface area contributed by atoms with Gasteiger partial charge in [-0.2, -0.15) is 0 Å². The molecule has 2 unspecified atom stereocenters. The Bertz CT molecular complexity index is 511. The van der Waals surface area contributed by atoms with Crippen molar-refractivity contribution in [3.05, 3.63) is 35.9 Å². The zero-order valence-corrected chi connectivity index (χ0v) is 13.7. The summed E-state index contributed by atoms with van der Waals surface area (Å²) in [5, 5.41) is 0. The second kappa shape index (κ2) is 7.88. The third-order valence-electron chi connectivity index (χ3n) is 4.63. The van der Waals surface area contributed by atoms with Crippen LogP contribution >= 0.6 is 0 Å². The van der Waals surface area contributed by atoms with E-state index < -0.39 is 0 Å². The van der Waals surface area contributed by atoms with Gasteiger partial charge in [0.1, 0.15) is 0 Å². The molecule has 0 bridgehead atoms. The zero-order valence-electron chi connectivity index (χ0n) is 13.7. The van der Waals surface area contributed by atoms with Gasteiger partial charge in [-0.1, -0.05) is 30.3 Å². The van der Waals surface area contributed by atoms with E-state index in [4.69, 9.17) is 4.74 Å². The Morgan fingerprint density at radius 1 is 1.22 bits per heavy atom. The van der Waals surface area contributed by atoms with Crippen LogP contribution in [0, 0.1) is 0 Å². The lowest BCUT2D eigenvalue weighted by atomic mass is 10.0. The maximum absolute atomic E-state index is 12.2. The van der Waals surface area contributed by atoms with Gasteiger partial charge in [0.15, 0.2) is 0 Å². The quantitative estimate of drug-likeness (QED) is 0.794. The summed E-state index contributed by atoms with van der Waals surface area (Å²) < 4.78 is 5.06. The van der Waals surface area contributed by atoms with Gasteiger partial charge in [0.25, 0.3) is 0 Å². The van der Waals surface area contributed by atoms with E-state index in [1.165, 1.54) is 5.56 Å². The number of rotatable bonds is 6. The number of piperazine rings is 1. The number of amides is 1. The van der Waals surface area contributed by atoms with Crippen LogP contribution < -0.4 is 10.9 Å². The molecule has 0 aliphatic carbocycles. The summed E-state index contributed by atoms with van der Waals surface area (Å²) in [6, 6.07) is 11.2. The molecule has 2 aliphatic heterocycles. The molecule has 0 aromatic heterocycles. The molecule has 1 aromatic rings. The van der Waals surface area contributed by atoms with Gasteiger partial charge in [-0.15, -0.1) is 0 Å². The first-order valence-electron chi connectivity index (χ1n) is 8.31. The largest absolute Gasteiger partial charge is 0.383 e. The maximum Gasteiger partial charge on any atom is 0.236 e. The summed E-state index contributed by atoms with van der Waals surface area (Å²) in [5.74, 6) is 0.207. The molecule has 2 N–H and O–H groups in total. The number of nitrogens with zero attached hydrogens (tertiary/aromatic N) is 2. The molecule has 6 nitrogen and oxygen atoms in total. The number of nitrogens with one attached hydrogen (secondary N) is 2. The van der Waals surface area contributed by atoms with Crippen molar-refractivity contribution < 1.29 is 9.53 Å². The van der Waals surface area contributed by atoms with E-state index in [0.29, 0.717) is 31.8 Å². The molecule has 23 heavy (non-hydrogen) atoms. The highest BCUT2D eigenvalue weighted by Crippen LogP contribution is 2.22. The van der Waals surface area contributed by atoms with Crippen LogP contribution in [0.1, 0.15) is 18.0 Å². The molecule has 126 valence electrons. The van der Waals surface area contributed by atoms with Gasteiger partial charge in [0.05, 0.1) is 13.2 Å². The lowest BCUT2D eigenvalue weighted by Gasteiger charge is -2.35. The first kappa shape index (κ1) is 16.4. The van der Waals surface area contributed by atoms with Gasteiger partial charge >= 0.3 is 0 Å². The average Bonchev–Trinajstić information content (AvgIpc) is 3.03. The van der Waals surface area contributed by atoms with Crippen LogP contribution in [0.3, 0.4) is 0 Å². The van der Waals surface area contributed by atoms with Crippen molar-refractivity contribution in [3.8, 4) is 0 Å².